The lowest BCUT2D eigenvalue weighted by atomic mass is 9.88. The second-order valence-electron chi connectivity index (χ2n) is 5.25. The second-order valence-corrected chi connectivity index (χ2v) is 5.25. The van der Waals surface area contributed by atoms with Gasteiger partial charge in [-0.2, -0.15) is 0 Å². The molecule has 14 heavy (non-hydrogen) atoms. The Morgan fingerprint density at radius 1 is 1.29 bits per heavy atom. The molecule has 0 bridgehead atoms. The van der Waals surface area contributed by atoms with Crippen LogP contribution in [-0.2, 0) is 4.74 Å². The van der Waals surface area contributed by atoms with Crippen LogP contribution in [0.25, 0.3) is 0 Å². The van der Waals surface area contributed by atoms with Gasteiger partial charge >= 0.3 is 0 Å². The van der Waals surface area contributed by atoms with Gasteiger partial charge in [-0.25, -0.2) is 0 Å². The van der Waals surface area contributed by atoms with Crippen molar-refractivity contribution >= 4 is 0 Å². The van der Waals surface area contributed by atoms with E-state index in [2.05, 4.69) is 13.8 Å². The average molecular weight is 199 g/mol. The van der Waals surface area contributed by atoms with Crippen LogP contribution in [0.4, 0.5) is 0 Å². The van der Waals surface area contributed by atoms with Gasteiger partial charge in [-0.3, -0.25) is 0 Å². The average Bonchev–Trinajstić information content (AvgIpc) is 2.65. The van der Waals surface area contributed by atoms with Crippen LogP contribution >= 0.6 is 0 Å². The molecule has 84 valence electrons. The highest BCUT2D eigenvalue weighted by Crippen LogP contribution is 2.23. The number of hydrogen-bond donors (Lipinski definition) is 1. The number of nitrogens with two attached hydrogens (primary N) is 1. The summed E-state index contributed by atoms with van der Waals surface area (Å²) in [5.41, 5.74) is 5.96. The monoisotopic (exact) mass is 199 g/mol. The van der Waals surface area contributed by atoms with Crippen LogP contribution in [-0.4, -0.2) is 19.3 Å². The first-order valence-corrected chi connectivity index (χ1v) is 5.96. The van der Waals surface area contributed by atoms with Crippen LogP contribution in [0.1, 0.15) is 52.4 Å². The third-order valence-electron chi connectivity index (χ3n) is 3.21. The highest BCUT2D eigenvalue weighted by Gasteiger charge is 2.17. The minimum absolute atomic E-state index is 0.291. The first kappa shape index (κ1) is 12.0. The summed E-state index contributed by atoms with van der Waals surface area (Å²) in [6.45, 7) is 6.15. The molecule has 0 spiro atoms. The third kappa shape index (κ3) is 4.43. The van der Waals surface area contributed by atoms with Gasteiger partial charge in [0, 0.05) is 6.61 Å². The van der Waals surface area contributed by atoms with E-state index in [1.54, 1.807) is 0 Å². The Labute approximate surface area is 88.2 Å². The lowest BCUT2D eigenvalue weighted by molar-refractivity contribution is 0.0513. The smallest absolute Gasteiger partial charge is 0.0575 e. The van der Waals surface area contributed by atoms with E-state index in [0.717, 1.165) is 19.6 Å². The molecule has 0 aromatic heterocycles. The van der Waals surface area contributed by atoms with Crippen LogP contribution in [0, 0.1) is 5.41 Å². The molecule has 1 saturated carbocycles. The van der Waals surface area contributed by atoms with Gasteiger partial charge in [0.1, 0.15) is 0 Å². The van der Waals surface area contributed by atoms with E-state index in [9.17, 15) is 0 Å². The quantitative estimate of drug-likeness (QED) is 0.668. The van der Waals surface area contributed by atoms with E-state index >= 15 is 0 Å². The van der Waals surface area contributed by atoms with Gasteiger partial charge < -0.3 is 10.5 Å². The van der Waals surface area contributed by atoms with Gasteiger partial charge in [0.05, 0.1) is 6.10 Å². The fourth-order valence-corrected chi connectivity index (χ4v) is 1.96. The Hall–Kier alpha value is -0.0800. The molecular formula is C12H25NO. The Kier molecular flexibility index (Phi) is 4.90. The first-order valence-electron chi connectivity index (χ1n) is 5.96. The van der Waals surface area contributed by atoms with Crippen LogP contribution in [0.15, 0.2) is 0 Å². The molecule has 1 aliphatic carbocycles. The first-order chi connectivity index (χ1) is 6.64. The van der Waals surface area contributed by atoms with Crippen molar-refractivity contribution in [2.75, 3.05) is 13.2 Å². The summed E-state index contributed by atoms with van der Waals surface area (Å²) in [4.78, 5) is 0. The molecule has 0 aromatic carbocycles. The number of hydrogen-bond acceptors (Lipinski definition) is 2. The topological polar surface area (TPSA) is 35.2 Å². The molecule has 1 fully saturated rings. The minimum atomic E-state index is 0.291. The molecule has 0 aliphatic heterocycles. The van der Waals surface area contributed by atoms with E-state index in [1.807, 2.05) is 0 Å². The molecule has 1 aliphatic rings. The largest absolute Gasteiger partial charge is 0.378 e. The van der Waals surface area contributed by atoms with Crippen molar-refractivity contribution < 1.29 is 4.74 Å². The highest BCUT2D eigenvalue weighted by atomic mass is 16.5. The van der Waals surface area contributed by atoms with Gasteiger partial charge in [0.25, 0.3) is 0 Å². The summed E-state index contributed by atoms with van der Waals surface area (Å²) < 4.78 is 5.80. The Morgan fingerprint density at radius 2 is 1.93 bits per heavy atom. The maximum absolute atomic E-state index is 5.80. The summed E-state index contributed by atoms with van der Waals surface area (Å²) >= 11 is 0. The van der Waals surface area contributed by atoms with E-state index in [0.29, 0.717) is 11.5 Å². The Balaban J connectivity index is 1.98. The van der Waals surface area contributed by atoms with Crippen molar-refractivity contribution in [3.63, 3.8) is 0 Å². The van der Waals surface area contributed by atoms with Crippen molar-refractivity contribution in [1.82, 2.24) is 0 Å². The lowest BCUT2D eigenvalue weighted by Gasteiger charge is -2.22. The van der Waals surface area contributed by atoms with E-state index < -0.39 is 0 Å². The molecule has 0 aromatic rings. The maximum atomic E-state index is 5.80. The van der Waals surface area contributed by atoms with E-state index in [4.69, 9.17) is 10.5 Å². The van der Waals surface area contributed by atoms with Gasteiger partial charge in [0.15, 0.2) is 0 Å². The molecule has 0 heterocycles. The molecule has 2 heteroatoms. The van der Waals surface area contributed by atoms with Gasteiger partial charge in [-0.1, -0.05) is 26.7 Å². The fourth-order valence-electron chi connectivity index (χ4n) is 1.96. The zero-order valence-electron chi connectivity index (χ0n) is 9.72. The molecule has 2 nitrogen and oxygen atoms in total. The Morgan fingerprint density at radius 3 is 2.50 bits per heavy atom. The summed E-state index contributed by atoms with van der Waals surface area (Å²) in [6, 6.07) is 0. The van der Waals surface area contributed by atoms with Crippen LogP contribution < -0.4 is 5.73 Å². The van der Waals surface area contributed by atoms with Crippen LogP contribution in [0.5, 0.6) is 0 Å². The van der Waals surface area contributed by atoms with Crippen molar-refractivity contribution in [3.05, 3.63) is 0 Å². The predicted octanol–water partition coefficient (Wildman–Crippen LogP) is 2.71. The zero-order valence-corrected chi connectivity index (χ0v) is 9.72. The van der Waals surface area contributed by atoms with Crippen molar-refractivity contribution in [3.8, 4) is 0 Å². The predicted molar refractivity (Wildman–Crippen MR) is 60.3 cm³/mol. The lowest BCUT2D eigenvalue weighted by Crippen LogP contribution is -2.24. The number of rotatable bonds is 6. The summed E-state index contributed by atoms with van der Waals surface area (Å²) in [5.74, 6) is 0. The van der Waals surface area contributed by atoms with Crippen molar-refractivity contribution in [2.24, 2.45) is 11.1 Å². The Bertz CT molecular complexity index is 150. The molecule has 0 radical (unpaired) electrons. The molecular weight excluding hydrogens is 174 g/mol. The third-order valence-corrected chi connectivity index (χ3v) is 3.21. The van der Waals surface area contributed by atoms with Gasteiger partial charge in [-0.15, -0.1) is 0 Å². The zero-order chi connectivity index (χ0) is 10.4. The summed E-state index contributed by atoms with van der Waals surface area (Å²) in [7, 11) is 0. The highest BCUT2D eigenvalue weighted by molar-refractivity contribution is 4.70. The molecule has 0 amide bonds. The molecule has 0 saturated heterocycles. The van der Waals surface area contributed by atoms with Crippen LogP contribution in [0.2, 0.25) is 0 Å². The normalized spacial score (nSPS) is 19.1. The van der Waals surface area contributed by atoms with Gasteiger partial charge in [-0.05, 0) is 37.6 Å². The number of ether oxygens (including phenoxy) is 1. The van der Waals surface area contributed by atoms with E-state index in [-0.39, 0.29) is 0 Å². The van der Waals surface area contributed by atoms with Gasteiger partial charge in [0.2, 0.25) is 0 Å². The van der Waals surface area contributed by atoms with E-state index in [1.165, 1.54) is 32.1 Å². The van der Waals surface area contributed by atoms with Crippen LogP contribution in [0.3, 0.4) is 0 Å². The summed E-state index contributed by atoms with van der Waals surface area (Å²) in [5, 5.41) is 0. The molecule has 0 unspecified atom stereocenters. The maximum Gasteiger partial charge on any atom is 0.0575 e. The standard InChI is InChI=1S/C12H25NO/c1-12(2,10-13)8-5-9-14-11-6-3-4-7-11/h11H,3-10,13H2,1-2H3. The molecule has 1 rings (SSSR count). The minimum Gasteiger partial charge on any atom is -0.378 e. The molecule has 2 N–H and O–H groups in total. The fraction of sp³-hybridized carbons (Fsp3) is 1.00. The SMILES string of the molecule is CC(C)(CN)CCCOC1CCCC1. The summed E-state index contributed by atoms with van der Waals surface area (Å²) in [6.07, 6.45) is 8.17. The molecule has 0 atom stereocenters. The second kappa shape index (κ2) is 5.72. The van der Waals surface area contributed by atoms with Crippen molar-refractivity contribution in [2.45, 2.75) is 58.5 Å². The van der Waals surface area contributed by atoms with Crippen molar-refractivity contribution in [1.29, 1.82) is 0 Å².